The summed E-state index contributed by atoms with van der Waals surface area (Å²) in [5, 5.41) is 0. The lowest BCUT2D eigenvalue weighted by Crippen LogP contribution is -2.18. The number of ketones is 1. The summed E-state index contributed by atoms with van der Waals surface area (Å²) in [5.41, 5.74) is -0.287. The van der Waals surface area contributed by atoms with E-state index in [1.165, 1.54) is 6.20 Å². The molecule has 3 nitrogen and oxygen atoms in total. The highest BCUT2D eigenvalue weighted by molar-refractivity contribution is 6.01. The quantitative estimate of drug-likeness (QED) is 0.674. The number of aryl methyl sites for hydroxylation is 1. The minimum atomic E-state index is -0.981. The van der Waals surface area contributed by atoms with Gasteiger partial charge in [0.25, 0.3) is 0 Å². The zero-order valence-corrected chi connectivity index (χ0v) is 8.54. The van der Waals surface area contributed by atoms with Gasteiger partial charge >= 0.3 is 0 Å². The van der Waals surface area contributed by atoms with Gasteiger partial charge in [-0.05, 0) is 20.3 Å². The number of rotatable bonds is 2. The van der Waals surface area contributed by atoms with Crippen LogP contribution in [0, 0.1) is 12.3 Å². The Bertz CT molecular complexity index is 399. The van der Waals surface area contributed by atoms with Gasteiger partial charge in [0.15, 0.2) is 5.78 Å². The fourth-order valence-electron chi connectivity index (χ4n) is 1.55. The van der Waals surface area contributed by atoms with E-state index >= 15 is 0 Å². The summed E-state index contributed by atoms with van der Waals surface area (Å²) in [6.07, 6.45) is 0.884. The van der Waals surface area contributed by atoms with Gasteiger partial charge < -0.3 is 4.57 Å². The van der Waals surface area contributed by atoms with Crippen molar-refractivity contribution in [2.24, 2.45) is 12.5 Å². The molecule has 0 aromatic carbocycles. The van der Waals surface area contributed by atoms with Crippen LogP contribution in [0.25, 0.3) is 0 Å². The van der Waals surface area contributed by atoms with Gasteiger partial charge in [0.1, 0.15) is 17.7 Å². The van der Waals surface area contributed by atoms with Crippen molar-refractivity contribution in [2.45, 2.75) is 26.4 Å². The van der Waals surface area contributed by atoms with Crippen molar-refractivity contribution in [1.29, 1.82) is 0 Å². The molecule has 1 saturated carbocycles. The van der Waals surface area contributed by atoms with E-state index in [0.29, 0.717) is 12.1 Å². The molecule has 0 radical (unpaired) electrons. The summed E-state index contributed by atoms with van der Waals surface area (Å²) >= 11 is 0. The average Bonchev–Trinajstić information content (AvgIpc) is 2.61. The molecule has 1 heterocycles. The maximum Gasteiger partial charge on any atom is 0.189 e. The van der Waals surface area contributed by atoms with Crippen molar-refractivity contribution < 1.29 is 9.18 Å². The first-order valence-electron chi connectivity index (χ1n) is 4.64. The molecule has 0 N–H and O–H groups in total. The van der Waals surface area contributed by atoms with Crippen LogP contribution >= 0.6 is 0 Å². The van der Waals surface area contributed by atoms with Gasteiger partial charge in [-0.15, -0.1) is 0 Å². The standard InChI is InChI=1S/C10H13FN2O/c1-6-12-5-7(13(6)3)9(14)10(2)4-8(10)11/h5,8H,4H2,1-3H3. The van der Waals surface area contributed by atoms with Crippen LogP contribution in [0.3, 0.4) is 0 Å². The third-order valence-electron chi connectivity index (χ3n) is 3.11. The van der Waals surface area contributed by atoms with Crippen molar-refractivity contribution in [1.82, 2.24) is 9.55 Å². The molecular formula is C10H13FN2O. The normalized spacial score (nSPS) is 30.4. The Balaban J connectivity index is 2.33. The first-order valence-corrected chi connectivity index (χ1v) is 4.64. The molecule has 0 bridgehead atoms. The number of hydrogen-bond acceptors (Lipinski definition) is 2. The van der Waals surface area contributed by atoms with Crippen molar-refractivity contribution >= 4 is 5.78 Å². The molecular weight excluding hydrogens is 183 g/mol. The van der Waals surface area contributed by atoms with E-state index in [4.69, 9.17) is 0 Å². The van der Waals surface area contributed by atoms with Crippen molar-refractivity contribution in [3.63, 3.8) is 0 Å². The summed E-state index contributed by atoms with van der Waals surface area (Å²) in [6, 6.07) is 0. The molecule has 2 rings (SSSR count). The molecule has 4 heteroatoms. The number of carbonyl (C=O) groups is 1. The molecule has 1 aromatic heterocycles. The van der Waals surface area contributed by atoms with E-state index in [9.17, 15) is 9.18 Å². The third-order valence-corrected chi connectivity index (χ3v) is 3.11. The molecule has 14 heavy (non-hydrogen) atoms. The van der Waals surface area contributed by atoms with Crippen LogP contribution in [0.2, 0.25) is 0 Å². The van der Waals surface area contributed by atoms with E-state index in [-0.39, 0.29) is 5.78 Å². The number of halogens is 1. The number of alkyl halides is 1. The number of carbonyl (C=O) groups excluding carboxylic acids is 1. The summed E-state index contributed by atoms with van der Waals surface area (Å²) in [5.74, 6) is 0.640. The van der Waals surface area contributed by atoms with Crippen molar-refractivity contribution in [3.05, 3.63) is 17.7 Å². The number of hydrogen-bond donors (Lipinski definition) is 0. The van der Waals surface area contributed by atoms with Gasteiger partial charge in [0.05, 0.1) is 11.6 Å². The number of imidazole rings is 1. The van der Waals surface area contributed by atoms with Gasteiger partial charge in [0, 0.05) is 7.05 Å². The fraction of sp³-hybridized carbons (Fsp3) is 0.600. The number of Topliss-reactive ketones (excluding diaryl/α,β-unsaturated/α-hetero) is 1. The van der Waals surface area contributed by atoms with Gasteiger partial charge in [-0.3, -0.25) is 4.79 Å². The lowest BCUT2D eigenvalue weighted by molar-refractivity contribution is 0.0884. The minimum Gasteiger partial charge on any atom is -0.329 e. The molecule has 0 aliphatic heterocycles. The Labute approximate surface area is 81.9 Å². The molecule has 1 aliphatic carbocycles. The molecule has 1 aliphatic rings. The second-order valence-corrected chi connectivity index (χ2v) is 4.17. The summed E-state index contributed by atoms with van der Waals surface area (Å²) in [4.78, 5) is 15.9. The SMILES string of the molecule is Cc1ncc(C(=O)C2(C)CC2F)n1C. The van der Waals surface area contributed by atoms with Crippen LogP contribution in [0.15, 0.2) is 6.20 Å². The molecule has 1 aromatic rings. The predicted octanol–water partition coefficient (Wildman–Crippen LogP) is 1.66. The Morgan fingerprint density at radius 3 is 2.71 bits per heavy atom. The summed E-state index contributed by atoms with van der Waals surface area (Å²) in [6.45, 7) is 3.49. The second kappa shape index (κ2) is 2.65. The Kier molecular flexibility index (Phi) is 1.77. The largest absolute Gasteiger partial charge is 0.329 e. The Morgan fingerprint density at radius 2 is 2.36 bits per heavy atom. The van der Waals surface area contributed by atoms with Gasteiger partial charge in [-0.2, -0.15) is 0 Å². The summed E-state index contributed by atoms with van der Waals surface area (Å²) in [7, 11) is 1.77. The van der Waals surface area contributed by atoms with Crippen LogP contribution in [-0.4, -0.2) is 21.5 Å². The van der Waals surface area contributed by atoms with E-state index < -0.39 is 11.6 Å². The van der Waals surface area contributed by atoms with Crippen LogP contribution < -0.4 is 0 Å². The molecule has 76 valence electrons. The Hall–Kier alpha value is -1.19. The number of nitrogens with zero attached hydrogens (tertiary/aromatic N) is 2. The minimum absolute atomic E-state index is 0.131. The van der Waals surface area contributed by atoms with Crippen LogP contribution in [0.5, 0.6) is 0 Å². The van der Waals surface area contributed by atoms with E-state index in [1.807, 2.05) is 6.92 Å². The fourth-order valence-corrected chi connectivity index (χ4v) is 1.55. The van der Waals surface area contributed by atoms with Crippen LogP contribution in [0.4, 0.5) is 4.39 Å². The number of aromatic nitrogens is 2. The monoisotopic (exact) mass is 196 g/mol. The molecule has 0 spiro atoms. The highest BCUT2D eigenvalue weighted by Crippen LogP contribution is 2.50. The van der Waals surface area contributed by atoms with E-state index in [1.54, 1.807) is 18.5 Å². The second-order valence-electron chi connectivity index (χ2n) is 4.17. The predicted molar refractivity (Wildman–Crippen MR) is 49.9 cm³/mol. The maximum atomic E-state index is 13.0. The van der Waals surface area contributed by atoms with Gasteiger partial charge in [0.2, 0.25) is 0 Å². The molecule has 1 fully saturated rings. The first-order chi connectivity index (χ1) is 6.47. The van der Waals surface area contributed by atoms with Gasteiger partial charge in [-0.1, -0.05) is 0 Å². The zero-order chi connectivity index (χ0) is 10.5. The zero-order valence-electron chi connectivity index (χ0n) is 8.54. The molecule has 2 unspecified atom stereocenters. The smallest absolute Gasteiger partial charge is 0.189 e. The lowest BCUT2D eigenvalue weighted by atomic mass is 10.0. The highest BCUT2D eigenvalue weighted by Gasteiger charge is 2.57. The van der Waals surface area contributed by atoms with E-state index in [0.717, 1.165) is 5.82 Å². The van der Waals surface area contributed by atoms with Gasteiger partial charge in [-0.25, -0.2) is 9.37 Å². The highest BCUT2D eigenvalue weighted by atomic mass is 19.1. The van der Waals surface area contributed by atoms with Crippen LogP contribution in [0.1, 0.15) is 29.7 Å². The van der Waals surface area contributed by atoms with Crippen molar-refractivity contribution in [3.8, 4) is 0 Å². The topological polar surface area (TPSA) is 34.9 Å². The van der Waals surface area contributed by atoms with Crippen LogP contribution in [-0.2, 0) is 7.05 Å². The lowest BCUT2D eigenvalue weighted by Gasteiger charge is -2.07. The van der Waals surface area contributed by atoms with Crippen molar-refractivity contribution in [2.75, 3.05) is 0 Å². The Morgan fingerprint density at radius 1 is 1.79 bits per heavy atom. The van der Waals surface area contributed by atoms with E-state index in [2.05, 4.69) is 4.98 Å². The third kappa shape index (κ3) is 1.10. The molecule has 2 atom stereocenters. The maximum absolute atomic E-state index is 13.0. The molecule has 0 saturated heterocycles. The average molecular weight is 196 g/mol. The summed E-state index contributed by atoms with van der Waals surface area (Å²) < 4.78 is 14.7. The first kappa shape index (κ1) is 9.37. The molecule has 0 amide bonds.